The Bertz CT molecular complexity index is 1720. The molecule has 0 aromatic carbocycles. The summed E-state index contributed by atoms with van der Waals surface area (Å²) >= 11 is 0. The van der Waals surface area contributed by atoms with E-state index in [9.17, 15) is 79.6 Å². The Morgan fingerprint density at radius 3 is 1.50 bits per heavy atom. The number of hydrogen-bond acceptors (Lipinski definition) is 24. The van der Waals surface area contributed by atoms with E-state index in [-0.39, 0.29) is 0 Å². The molecule has 0 aromatic heterocycles. The number of carbonyl (C=O) groups excluding carboxylic acids is 5. The lowest BCUT2D eigenvalue weighted by molar-refractivity contribution is -0.377. The molecule has 4 fully saturated rings. The van der Waals surface area contributed by atoms with Gasteiger partial charge in [-0.3, -0.25) is 28.5 Å². The van der Waals surface area contributed by atoms with Crippen molar-refractivity contribution in [2.75, 3.05) is 26.4 Å². The molecule has 31 nitrogen and oxygen atoms in total. The zero-order valence-corrected chi connectivity index (χ0v) is 36.2. The van der Waals surface area contributed by atoms with E-state index in [1.54, 1.807) is 0 Å². The zero-order chi connectivity index (χ0) is 49.5. The van der Waals surface area contributed by atoms with Gasteiger partial charge in [-0.1, -0.05) is 0 Å². The summed E-state index contributed by atoms with van der Waals surface area (Å²) in [6.45, 7) is -0.912. The van der Waals surface area contributed by atoms with Crippen LogP contribution in [-0.2, 0) is 66.2 Å². The first-order valence-corrected chi connectivity index (χ1v) is 21.6. The number of phosphoric ester groups is 1. The molecular formula is C34H58N5O26P. The normalized spacial score (nSPS) is 40.1. The van der Waals surface area contributed by atoms with E-state index >= 15 is 0 Å². The van der Waals surface area contributed by atoms with E-state index in [4.69, 9.17) is 48.7 Å². The molecule has 21 unspecified atom stereocenters. The van der Waals surface area contributed by atoms with Crippen molar-refractivity contribution in [3.63, 3.8) is 0 Å². The molecular weight excluding hydrogens is 925 g/mol. The lowest BCUT2D eigenvalue weighted by atomic mass is 9.93. The van der Waals surface area contributed by atoms with Gasteiger partial charge in [-0.25, -0.2) is 4.57 Å². The predicted molar refractivity (Wildman–Crippen MR) is 205 cm³/mol. The summed E-state index contributed by atoms with van der Waals surface area (Å²) in [7, 11) is -5.12. The molecule has 66 heavy (non-hydrogen) atoms. The highest BCUT2D eigenvalue weighted by atomic mass is 31.2. The minimum Gasteiger partial charge on any atom is -0.394 e. The summed E-state index contributed by atoms with van der Waals surface area (Å²) in [6, 6.07) is -4.77. The van der Waals surface area contributed by atoms with Crippen molar-refractivity contribution in [2.24, 2.45) is 5.73 Å². The Hall–Kier alpha value is -3.22. The van der Waals surface area contributed by atoms with Crippen molar-refractivity contribution in [2.45, 2.75) is 156 Å². The number of aliphatic hydroxyl groups excluding tert-OH is 10. The molecule has 380 valence electrons. The van der Waals surface area contributed by atoms with Crippen LogP contribution in [0.15, 0.2) is 0 Å². The van der Waals surface area contributed by atoms with Gasteiger partial charge >= 0.3 is 7.82 Å². The van der Waals surface area contributed by atoms with Gasteiger partial charge < -0.3 is 121 Å². The lowest BCUT2D eigenvalue weighted by Crippen LogP contribution is -2.71. The number of nitrogens with two attached hydrogens (primary N) is 1. The SMILES string of the molecule is CC(=O)NC(CC(=O)NC1OC(CO)C(OC2OC(CO)C(OC3OC(CO)C(OC4OC(COP(=O)(O)O)C(O)C(O)C4O)C(O)C3O)C(O)C2NC(C)=O)C(O)C1NC(C)=O)C(N)=O. The number of rotatable bonds is 19. The summed E-state index contributed by atoms with van der Waals surface area (Å²) in [5.74, 6) is -4.32. The Morgan fingerprint density at radius 2 is 1.02 bits per heavy atom. The fourth-order valence-corrected chi connectivity index (χ4v) is 7.88. The summed E-state index contributed by atoms with van der Waals surface area (Å²) in [5.41, 5.74) is 5.27. The van der Waals surface area contributed by atoms with Crippen LogP contribution in [0.1, 0.15) is 27.2 Å². The maximum atomic E-state index is 12.9. The van der Waals surface area contributed by atoms with Crippen molar-refractivity contribution < 1.29 is 127 Å². The van der Waals surface area contributed by atoms with Gasteiger partial charge in [0.25, 0.3) is 0 Å². The topological polar surface area (TPSA) is 493 Å². The molecule has 0 radical (unpaired) electrons. The second-order valence-corrected chi connectivity index (χ2v) is 16.9. The third-order valence-corrected chi connectivity index (χ3v) is 11.2. The molecule has 32 heteroatoms. The number of ether oxygens (including phenoxy) is 7. The average Bonchev–Trinajstić information content (AvgIpc) is 3.23. The molecule has 4 aliphatic heterocycles. The summed E-state index contributed by atoms with van der Waals surface area (Å²) in [6.07, 6.45) is -34.8. The van der Waals surface area contributed by atoms with Crippen LogP contribution in [0.2, 0.25) is 0 Å². The van der Waals surface area contributed by atoms with Crippen molar-refractivity contribution in [1.82, 2.24) is 21.3 Å². The quantitative estimate of drug-likeness (QED) is 0.0534. The van der Waals surface area contributed by atoms with Crippen LogP contribution in [0.25, 0.3) is 0 Å². The number of carbonyl (C=O) groups is 5. The number of amides is 5. The first-order chi connectivity index (χ1) is 30.8. The van der Waals surface area contributed by atoms with Crippen molar-refractivity contribution >= 4 is 37.4 Å². The van der Waals surface area contributed by atoms with Crippen LogP contribution in [0.3, 0.4) is 0 Å². The van der Waals surface area contributed by atoms with E-state index in [0.29, 0.717) is 0 Å². The minimum atomic E-state index is -5.12. The minimum absolute atomic E-state index is 0.692. The highest BCUT2D eigenvalue weighted by Crippen LogP contribution is 2.38. The van der Waals surface area contributed by atoms with Gasteiger partial charge in [0.05, 0.1) is 32.8 Å². The molecule has 5 amide bonds. The molecule has 0 aromatic rings. The third kappa shape index (κ3) is 14.0. The molecule has 4 aliphatic rings. The van der Waals surface area contributed by atoms with E-state index in [0.717, 1.165) is 20.8 Å². The Balaban J connectivity index is 1.52. The first kappa shape index (κ1) is 55.4. The van der Waals surface area contributed by atoms with E-state index in [1.165, 1.54) is 0 Å². The van der Waals surface area contributed by atoms with Crippen LogP contribution < -0.4 is 27.0 Å². The maximum Gasteiger partial charge on any atom is 0.469 e. The summed E-state index contributed by atoms with van der Waals surface area (Å²) in [4.78, 5) is 79.1. The number of aliphatic hydroxyl groups is 10. The number of nitrogens with one attached hydrogen (secondary N) is 4. The summed E-state index contributed by atoms with van der Waals surface area (Å²) < 4.78 is 55.4. The number of primary amides is 1. The molecule has 21 atom stereocenters. The Morgan fingerprint density at radius 1 is 0.576 bits per heavy atom. The van der Waals surface area contributed by atoms with Crippen molar-refractivity contribution in [3.05, 3.63) is 0 Å². The molecule has 0 spiro atoms. The van der Waals surface area contributed by atoms with Gasteiger partial charge in [0, 0.05) is 20.8 Å². The molecule has 18 N–H and O–H groups in total. The lowest BCUT2D eigenvalue weighted by Gasteiger charge is -2.50. The van der Waals surface area contributed by atoms with Gasteiger partial charge in [-0.05, 0) is 0 Å². The van der Waals surface area contributed by atoms with Crippen LogP contribution in [-0.4, -0.2) is 245 Å². The van der Waals surface area contributed by atoms with Crippen LogP contribution in [0, 0.1) is 0 Å². The highest BCUT2D eigenvalue weighted by molar-refractivity contribution is 7.46. The number of phosphoric acid groups is 1. The first-order valence-electron chi connectivity index (χ1n) is 20.1. The van der Waals surface area contributed by atoms with E-state index in [1.807, 2.05) is 0 Å². The predicted octanol–water partition coefficient (Wildman–Crippen LogP) is -10.8. The average molecular weight is 984 g/mol. The van der Waals surface area contributed by atoms with Gasteiger partial charge in [-0.15, -0.1) is 0 Å². The maximum absolute atomic E-state index is 12.9. The second-order valence-electron chi connectivity index (χ2n) is 15.7. The largest absolute Gasteiger partial charge is 0.469 e. The van der Waals surface area contributed by atoms with Gasteiger partial charge in [0.1, 0.15) is 104 Å². The highest BCUT2D eigenvalue weighted by Gasteiger charge is 2.56. The molecule has 0 aliphatic carbocycles. The summed E-state index contributed by atoms with van der Waals surface area (Å²) in [5, 5.41) is 117. The zero-order valence-electron chi connectivity index (χ0n) is 35.3. The van der Waals surface area contributed by atoms with E-state index in [2.05, 4.69) is 25.8 Å². The van der Waals surface area contributed by atoms with Crippen molar-refractivity contribution in [1.29, 1.82) is 0 Å². The fraction of sp³-hybridized carbons (Fsp3) is 0.853. The molecule has 0 saturated carbocycles. The van der Waals surface area contributed by atoms with Gasteiger partial charge in [-0.2, -0.15) is 0 Å². The standard InChI is InChI=1S/C34H58N5O26P/c1-9(43)36-12(30(35)54)4-17(46)39-31-18(37-10(2)44)21(48)27(13(5-40)59-31)63-32-19(38-11(3)45)22(49)28(14(6-41)60-32)64-34-26(53)24(51)29(15(7-42)61-34)65-33-25(52)23(50)20(47)16(62-33)8-58-66(55,56)57/h12-16,18-29,31-34,40-42,47-53H,4-8H2,1-3H3,(H2,35,54)(H,36,43)(H,37,44)(H,38,45)(H,39,46)(H2,55,56,57). The van der Waals surface area contributed by atoms with Crippen LogP contribution >= 0.6 is 7.82 Å². The van der Waals surface area contributed by atoms with E-state index < -0.39 is 199 Å². The molecule has 4 heterocycles. The molecule has 4 saturated heterocycles. The van der Waals surface area contributed by atoms with Crippen molar-refractivity contribution in [3.8, 4) is 0 Å². The monoisotopic (exact) mass is 983 g/mol. The molecule has 4 rings (SSSR count). The Kier molecular flexibility index (Phi) is 20.0. The molecule has 0 bridgehead atoms. The Labute approximate surface area is 373 Å². The van der Waals surface area contributed by atoms with Crippen LogP contribution in [0.5, 0.6) is 0 Å². The van der Waals surface area contributed by atoms with Gasteiger partial charge in [0.2, 0.25) is 29.5 Å². The van der Waals surface area contributed by atoms with Gasteiger partial charge in [0.15, 0.2) is 25.1 Å². The third-order valence-electron chi connectivity index (χ3n) is 10.7. The second kappa shape index (κ2) is 23.9. The number of hydrogen-bond donors (Lipinski definition) is 17. The fourth-order valence-electron chi connectivity index (χ4n) is 7.53. The smallest absolute Gasteiger partial charge is 0.394 e. The van der Waals surface area contributed by atoms with Crippen LogP contribution in [0.4, 0.5) is 0 Å².